The molecule has 1 heterocycles. The fraction of sp³-hybridized carbons (Fsp3) is 1.00. The second-order valence-corrected chi connectivity index (χ2v) is 2.86. The molecule has 1 N–H and O–H groups in total. The molecule has 1 aliphatic heterocycles. The van der Waals surface area contributed by atoms with Crippen molar-refractivity contribution in [2.75, 3.05) is 26.4 Å². The minimum atomic E-state index is -0.272. The van der Waals surface area contributed by atoms with E-state index < -0.39 is 0 Å². The van der Waals surface area contributed by atoms with Gasteiger partial charge in [0, 0.05) is 13.2 Å². The summed E-state index contributed by atoms with van der Waals surface area (Å²) in [5.41, 5.74) is 0. The minimum absolute atomic E-state index is 0.272. The molecule has 1 rings (SSSR count). The summed E-state index contributed by atoms with van der Waals surface area (Å²) in [7, 11) is 0. The Morgan fingerprint density at radius 2 is 2.36 bits per heavy atom. The Morgan fingerprint density at radius 1 is 1.45 bits per heavy atom. The van der Waals surface area contributed by atoms with Crippen LogP contribution in [0.2, 0.25) is 0 Å². The third kappa shape index (κ3) is 3.68. The third-order valence-electron chi connectivity index (χ3n) is 1.94. The van der Waals surface area contributed by atoms with Crippen LogP contribution in [-0.2, 0) is 4.74 Å². The van der Waals surface area contributed by atoms with E-state index >= 15 is 0 Å². The molecular weight excluding hydrogens is 145 g/mol. The lowest BCUT2D eigenvalue weighted by molar-refractivity contribution is 0.104. The van der Waals surface area contributed by atoms with Crippen LogP contribution in [0.25, 0.3) is 0 Å². The predicted molar refractivity (Wildman–Crippen MR) is 42.4 cm³/mol. The largest absolute Gasteiger partial charge is 0.378 e. The highest BCUT2D eigenvalue weighted by atomic mass is 19.1. The van der Waals surface area contributed by atoms with Crippen LogP contribution in [0, 0.1) is 0 Å². The van der Waals surface area contributed by atoms with Gasteiger partial charge in [0.05, 0.1) is 6.10 Å². The van der Waals surface area contributed by atoms with E-state index in [0.717, 1.165) is 19.6 Å². The van der Waals surface area contributed by atoms with E-state index in [0.29, 0.717) is 12.6 Å². The van der Waals surface area contributed by atoms with Crippen molar-refractivity contribution in [2.45, 2.75) is 25.4 Å². The lowest BCUT2D eigenvalue weighted by Gasteiger charge is -2.08. The number of hydrogen-bond acceptors (Lipinski definition) is 2. The van der Waals surface area contributed by atoms with Crippen molar-refractivity contribution >= 4 is 0 Å². The second kappa shape index (κ2) is 5.49. The molecule has 0 aliphatic carbocycles. The number of hydrogen-bond donors (Lipinski definition) is 1. The lowest BCUT2D eigenvalue weighted by atomic mass is 10.2. The number of halogens is 1. The Bertz CT molecular complexity index is 94.1. The molecule has 1 saturated heterocycles. The van der Waals surface area contributed by atoms with Crippen LogP contribution in [0.15, 0.2) is 0 Å². The SMILES string of the molecule is FCCNCCC1CCCO1. The Kier molecular flexibility index (Phi) is 4.47. The minimum Gasteiger partial charge on any atom is -0.378 e. The van der Waals surface area contributed by atoms with Gasteiger partial charge >= 0.3 is 0 Å². The van der Waals surface area contributed by atoms with Crippen LogP contribution in [0.5, 0.6) is 0 Å². The van der Waals surface area contributed by atoms with Gasteiger partial charge in [0.15, 0.2) is 0 Å². The summed E-state index contributed by atoms with van der Waals surface area (Å²) in [6, 6.07) is 0. The molecule has 0 aromatic rings. The fourth-order valence-electron chi connectivity index (χ4n) is 1.33. The molecule has 1 atom stereocenters. The van der Waals surface area contributed by atoms with Crippen molar-refractivity contribution in [2.24, 2.45) is 0 Å². The summed E-state index contributed by atoms with van der Waals surface area (Å²) in [4.78, 5) is 0. The molecule has 0 bridgehead atoms. The summed E-state index contributed by atoms with van der Waals surface area (Å²) in [6.45, 7) is 2.00. The average Bonchev–Trinajstić information content (AvgIpc) is 2.50. The van der Waals surface area contributed by atoms with Crippen molar-refractivity contribution in [1.82, 2.24) is 5.32 Å². The van der Waals surface area contributed by atoms with E-state index in [2.05, 4.69) is 5.32 Å². The van der Waals surface area contributed by atoms with E-state index in [1.807, 2.05) is 0 Å². The molecule has 66 valence electrons. The van der Waals surface area contributed by atoms with Crippen LogP contribution >= 0.6 is 0 Å². The molecule has 0 amide bonds. The topological polar surface area (TPSA) is 21.3 Å². The molecule has 0 aromatic heterocycles. The number of rotatable bonds is 5. The molecule has 0 saturated carbocycles. The monoisotopic (exact) mass is 161 g/mol. The second-order valence-electron chi connectivity index (χ2n) is 2.86. The van der Waals surface area contributed by atoms with Gasteiger partial charge in [-0.3, -0.25) is 0 Å². The highest BCUT2D eigenvalue weighted by molar-refractivity contribution is 4.65. The summed E-state index contributed by atoms with van der Waals surface area (Å²) >= 11 is 0. The van der Waals surface area contributed by atoms with Gasteiger partial charge in [-0.25, -0.2) is 4.39 Å². The van der Waals surface area contributed by atoms with Crippen molar-refractivity contribution in [3.8, 4) is 0 Å². The first kappa shape index (κ1) is 8.94. The van der Waals surface area contributed by atoms with E-state index in [4.69, 9.17) is 4.74 Å². The molecule has 1 unspecified atom stereocenters. The van der Waals surface area contributed by atoms with Crippen molar-refractivity contribution in [3.05, 3.63) is 0 Å². The van der Waals surface area contributed by atoms with Crippen LogP contribution in [0.4, 0.5) is 4.39 Å². The summed E-state index contributed by atoms with van der Waals surface area (Å²) in [5.74, 6) is 0. The van der Waals surface area contributed by atoms with Gasteiger partial charge in [0.25, 0.3) is 0 Å². The molecular formula is C8H16FNO. The highest BCUT2D eigenvalue weighted by Gasteiger charge is 2.13. The van der Waals surface area contributed by atoms with Crippen molar-refractivity contribution in [3.63, 3.8) is 0 Å². The van der Waals surface area contributed by atoms with Gasteiger partial charge < -0.3 is 10.1 Å². The average molecular weight is 161 g/mol. The molecule has 1 fully saturated rings. The van der Waals surface area contributed by atoms with E-state index in [-0.39, 0.29) is 6.67 Å². The molecule has 11 heavy (non-hydrogen) atoms. The first-order valence-corrected chi connectivity index (χ1v) is 4.32. The van der Waals surface area contributed by atoms with E-state index in [1.165, 1.54) is 12.8 Å². The highest BCUT2D eigenvalue weighted by Crippen LogP contribution is 2.14. The van der Waals surface area contributed by atoms with Crippen LogP contribution in [0.1, 0.15) is 19.3 Å². The van der Waals surface area contributed by atoms with Gasteiger partial charge in [-0.1, -0.05) is 0 Å². The zero-order chi connectivity index (χ0) is 7.94. The molecule has 0 radical (unpaired) electrons. The maximum Gasteiger partial charge on any atom is 0.102 e. The van der Waals surface area contributed by atoms with Crippen LogP contribution in [-0.4, -0.2) is 32.5 Å². The smallest absolute Gasteiger partial charge is 0.102 e. The summed E-state index contributed by atoms with van der Waals surface area (Å²) in [6.07, 6.45) is 3.83. The van der Waals surface area contributed by atoms with Gasteiger partial charge in [0.2, 0.25) is 0 Å². The first-order valence-electron chi connectivity index (χ1n) is 4.32. The Hall–Kier alpha value is -0.150. The molecule has 3 heteroatoms. The van der Waals surface area contributed by atoms with E-state index in [1.54, 1.807) is 0 Å². The molecule has 0 spiro atoms. The third-order valence-corrected chi connectivity index (χ3v) is 1.94. The Balaban J connectivity index is 1.86. The maximum absolute atomic E-state index is 11.6. The van der Waals surface area contributed by atoms with Crippen LogP contribution in [0.3, 0.4) is 0 Å². The quantitative estimate of drug-likeness (QED) is 0.610. The van der Waals surface area contributed by atoms with Crippen molar-refractivity contribution < 1.29 is 9.13 Å². The predicted octanol–water partition coefficient (Wildman–Crippen LogP) is 1.11. The zero-order valence-corrected chi connectivity index (χ0v) is 6.81. The van der Waals surface area contributed by atoms with Gasteiger partial charge in [0.1, 0.15) is 6.67 Å². The van der Waals surface area contributed by atoms with Gasteiger partial charge in [-0.05, 0) is 25.8 Å². The Labute approximate surface area is 67.1 Å². The van der Waals surface area contributed by atoms with Crippen LogP contribution < -0.4 is 5.32 Å². The van der Waals surface area contributed by atoms with Crippen molar-refractivity contribution in [1.29, 1.82) is 0 Å². The lowest BCUT2D eigenvalue weighted by Crippen LogP contribution is -2.22. The molecule has 2 nitrogen and oxygen atoms in total. The summed E-state index contributed by atoms with van der Waals surface area (Å²) < 4.78 is 17.0. The molecule has 1 aliphatic rings. The zero-order valence-electron chi connectivity index (χ0n) is 6.81. The Morgan fingerprint density at radius 3 is 3.00 bits per heavy atom. The standard InChI is InChI=1S/C8H16FNO/c9-4-6-10-5-3-8-2-1-7-11-8/h8,10H,1-7H2. The maximum atomic E-state index is 11.6. The first-order chi connectivity index (χ1) is 5.43. The molecule has 0 aromatic carbocycles. The fourth-order valence-corrected chi connectivity index (χ4v) is 1.33. The van der Waals surface area contributed by atoms with Gasteiger partial charge in [-0.15, -0.1) is 0 Å². The number of alkyl halides is 1. The van der Waals surface area contributed by atoms with Gasteiger partial charge in [-0.2, -0.15) is 0 Å². The van der Waals surface area contributed by atoms with E-state index in [9.17, 15) is 4.39 Å². The number of ether oxygens (including phenoxy) is 1. The number of nitrogens with one attached hydrogen (secondary N) is 1. The normalized spacial score (nSPS) is 24.3. The summed E-state index contributed by atoms with van der Waals surface area (Å²) in [5, 5.41) is 3.01.